The third-order valence-electron chi connectivity index (χ3n) is 4.87. The molecule has 1 aromatic rings. The van der Waals surface area contributed by atoms with E-state index in [0.717, 1.165) is 51.2 Å². The summed E-state index contributed by atoms with van der Waals surface area (Å²) in [4.78, 5) is 24.7. The van der Waals surface area contributed by atoms with Gasteiger partial charge in [-0.2, -0.15) is 26.3 Å². The highest BCUT2D eigenvalue weighted by Gasteiger charge is 2.43. The molecule has 2 aliphatic heterocycles. The second kappa shape index (κ2) is 12.1. The number of halogens is 6. The van der Waals surface area contributed by atoms with Crippen molar-refractivity contribution in [1.29, 1.82) is 0 Å². The fourth-order valence-electron chi connectivity index (χ4n) is 3.14. The molecule has 33 heavy (non-hydrogen) atoms. The van der Waals surface area contributed by atoms with Crippen LogP contribution in [0.3, 0.4) is 0 Å². The molecule has 2 saturated heterocycles. The molecule has 0 aliphatic carbocycles. The highest BCUT2D eigenvalue weighted by Crippen LogP contribution is 2.37. The number of alkyl halides is 6. The monoisotopic (exact) mass is 490 g/mol. The van der Waals surface area contributed by atoms with Crippen molar-refractivity contribution in [3.05, 3.63) is 30.1 Å². The molecule has 2 aliphatic rings. The van der Waals surface area contributed by atoms with Gasteiger partial charge in [-0.15, -0.1) is 0 Å². The van der Waals surface area contributed by atoms with E-state index < -0.39 is 24.3 Å². The second-order valence-electron chi connectivity index (χ2n) is 7.26. The number of nitrogens with zero attached hydrogens (tertiary/aromatic N) is 2. The Bertz CT molecular complexity index is 727. The van der Waals surface area contributed by atoms with E-state index in [2.05, 4.69) is 22.0 Å². The number of hydrogen-bond acceptors (Lipinski definition) is 6. The fraction of sp³-hybridized carbons (Fsp3) is 0.632. The summed E-state index contributed by atoms with van der Waals surface area (Å²) >= 11 is 0. The lowest BCUT2D eigenvalue weighted by atomic mass is 9.88. The van der Waals surface area contributed by atoms with Crippen LogP contribution in [0, 0.1) is 0 Å². The number of hydrogen-bond donors (Lipinski definition) is 2. The number of carboxylic acid groups (broad SMARTS) is 2. The van der Waals surface area contributed by atoms with E-state index in [0.29, 0.717) is 6.10 Å². The van der Waals surface area contributed by atoms with Crippen LogP contribution in [0.25, 0.3) is 0 Å². The van der Waals surface area contributed by atoms with Gasteiger partial charge in [0.2, 0.25) is 0 Å². The summed E-state index contributed by atoms with van der Waals surface area (Å²) in [6, 6.07) is 6.11. The molecule has 1 atom stereocenters. The van der Waals surface area contributed by atoms with Crippen molar-refractivity contribution >= 4 is 11.9 Å². The van der Waals surface area contributed by atoms with Gasteiger partial charge in [-0.25, -0.2) is 9.59 Å². The highest BCUT2D eigenvalue weighted by atomic mass is 19.4. The van der Waals surface area contributed by atoms with Crippen LogP contribution >= 0.6 is 0 Å². The molecule has 2 fully saturated rings. The topological polar surface area (TPSA) is 109 Å². The third-order valence-corrected chi connectivity index (χ3v) is 4.87. The quantitative estimate of drug-likeness (QED) is 0.623. The van der Waals surface area contributed by atoms with E-state index in [-0.39, 0.29) is 5.60 Å². The van der Waals surface area contributed by atoms with Crippen molar-refractivity contribution in [2.75, 3.05) is 26.8 Å². The first-order valence-electron chi connectivity index (χ1n) is 9.58. The average Bonchev–Trinajstić information content (AvgIpc) is 3.13. The van der Waals surface area contributed by atoms with Gasteiger partial charge in [-0.05, 0) is 25.0 Å². The van der Waals surface area contributed by atoms with Crippen molar-refractivity contribution < 1.29 is 55.6 Å². The minimum atomic E-state index is -5.08. The normalized spacial score (nSPS) is 20.3. The van der Waals surface area contributed by atoms with Gasteiger partial charge in [0.1, 0.15) is 0 Å². The molecule has 1 spiro atoms. The highest BCUT2D eigenvalue weighted by molar-refractivity contribution is 5.73. The number of aromatic nitrogens is 1. The maximum atomic E-state index is 10.6. The van der Waals surface area contributed by atoms with Gasteiger partial charge >= 0.3 is 24.3 Å². The lowest BCUT2D eigenvalue weighted by molar-refractivity contribution is -0.193. The largest absolute Gasteiger partial charge is 0.490 e. The third kappa shape index (κ3) is 10.4. The van der Waals surface area contributed by atoms with Crippen LogP contribution in [0.4, 0.5) is 26.3 Å². The van der Waals surface area contributed by atoms with E-state index in [4.69, 9.17) is 29.3 Å². The van der Waals surface area contributed by atoms with E-state index >= 15 is 0 Å². The molecule has 8 nitrogen and oxygen atoms in total. The zero-order valence-corrected chi connectivity index (χ0v) is 17.5. The van der Waals surface area contributed by atoms with Gasteiger partial charge in [0.05, 0.1) is 24.0 Å². The zero-order chi connectivity index (χ0) is 25.3. The van der Waals surface area contributed by atoms with Gasteiger partial charge in [0.15, 0.2) is 0 Å². The molecule has 1 unspecified atom stereocenters. The maximum Gasteiger partial charge on any atom is 0.490 e. The Hall–Kier alpha value is -2.45. The first-order chi connectivity index (χ1) is 15.2. The van der Waals surface area contributed by atoms with Gasteiger partial charge in [-0.1, -0.05) is 6.07 Å². The number of aliphatic carboxylic acids is 2. The Morgan fingerprint density at radius 1 is 1.12 bits per heavy atom. The maximum absolute atomic E-state index is 10.6. The number of ether oxygens (including phenoxy) is 2. The Kier molecular flexibility index (Phi) is 10.5. The van der Waals surface area contributed by atoms with Crippen LogP contribution < -0.4 is 0 Å². The van der Waals surface area contributed by atoms with E-state index in [1.807, 2.05) is 12.3 Å². The number of pyridine rings is 1. The van der Waals surface area contributed by atoms with Crippen LogP contribution in [0.2, 0.25) is 0 Å². The predicted octanol–water partition coefficient (Wildman–Crippen LogP) is 3.12. The molecule has 14 heteroatoms. The average molecular weight is 490 g/mol. The SMILES string of the molecule is COC1COC2(CCN(Cc3ccccn3)CC2)C1.O=C(O)C(F)(F)F.O=C(O)C(F)(F)F. The Morgan fingerprint density at radius 2 is 1.64 bits per heavy atom. The summed E-state index contributed by atoms with van der Waals surface area (Å²) in [5.41, 5.74) is 1.24. The minimum absolute atomic E-state index is 0.0846. The molecule has 2 N–H and O–H groups in total. The number of rotatable bonds is 3. The number of carboxylic acids is 2. The number of piperidine rings is 1. The molecular weight excluding hydrogens is 466 g/mol. The molecule has 1 aromatic heterocycles. The molecular formula is C19H24F6N2O6. The standard InChI is InChI=1S/C15H22N2O2.2C2HF3O2/c1-18-14-10-15(19-12-14)5-8-17(9-6-15)11-13-4-2-3-7-16-13;2*3-2(4,5)1(6)7/h2-4,7,14H,5-6,8-12H2,1H3;2*(H,6,7). The molecule has 0 aromatic carbocycles. The molecule has 3 heterocycles. The second-order valence-corrected chi connectivity index (χ2v) is 7.26. The minimum Gasteiger partial charge on any atom is -0.475 e. The summed E-state index contributed by atoms with van der Waals surface area (Å²) in [5.74, 6) is -5.51. The Labute approximate surface area is 185 Å². The molecule has 188 valence electrons. The molecule has 0 amide bonds. The van der Waals surface area contributed by atoms with Crippen LogP contribution in [0.1, 0.15) is 25.0 Å². The van der Waals surface area contributed by atoms with Crippen LogP contribution in [-0.4, -0.2) is 82.9 Å². The van der Waals surface area contributed by atoms with E-state index in [1.165, 1.54) is 0 Å². The summed E-state index contributed by atoms with van der Waals surface area (Å²) in [6.45, 7) is 3.89. The van der Waals surface area contributed by atoms with Gasteiger partial charge < -0.3 is 19.7 Å². The Morgan fingerprint density at radius 3 is 2.00 bits per heavy atom. The zero-order valence-electron chi connectivity index (χ0n) is 17.5. The van der Waals surface area contributed by atoms with Crippen LogP contribution in [0.5, 0.6) is 0 Å². The molecule has 0 saturated carbocycles. The van der Waals surface area contributed by atoms with Gasteiger partial charge in [0, 0.05) is 39.4 Å². The van der Waals surface area contributed by atoms with E-state index in [1.54, 1.807) is 7.11 Å². The van der Waals surface area contributed by atoms with Gasteiger partial charge in [-0.3, -0.25) is 9.88 Å². The number of likely N-dealkylation sites (tertiary alicyclic amines) is 1. The first-order valence-corrected chi connectivity index (χ1v) is 9.58. The Balaban J connectivity index is 0.000000324. The van der Waals surface area contributed by atoms with Gasteiger partial charge in [0.25, 0.3) is 0 Å². The van der Waals surface area contributed by atoms with Crippen molar-refractivity contribution in [2.45, 2.75) is 49.9 Å². The number of carbonyl (C=O) groups is 2. The summed E-state index contributed by atoms with van der Waals surface area (Å²) in [6.07, 6.45) is -4.73. The van der Waals surface area contributed by atoms with Crippen molar-refractivity contribution in [3.8, 4) is 0 Å². The lowest BCUT2D eigenvalue weighted by Gasteiger charge is -2.38. The van der Waals surface area contributed by atoms with Crippen LogP contribution in [-0.2, 0) is 25.6 Å². The summed E-state index contributed by atoms with van der Waals surface area (Å²) in [7, 11) is 1.78. The summed E-state index contributed by atoms with van der Waals surface area (Å²) < 4.78 is 74.9. The lowest BCUT2D eigenvalue weighted by Crippen LogP contribution is -2.44. The summed E-state index contributed by atoms with van der Waals surface area (Å²) in [5, 5.41) is 14.2. The molecule has 3 rings (SSSR count). The first kappa shape index (κ1) is 28.6. The smallest absolute Gasteiger partial charge is 0.475 e. The predicted molar refractivity (Wildman–Crippen MR) is 100 cm³/mol. The molecule has 0 radical (unpaired) electrons. The van der Waals surface area contributed by atoms with Crippen LogP contribution in [0.15, 0.2) is 24.4 Å². The van der Waals surface area contributed by atoms with Crippen molar-refractivity contribution in [1.82, 2.24) is 9.88 Å². The number of methoxy groups -OCH3 is 1. The fourth-order valence-corrected chi connectivity index (χ4v) is 3.14. The van der Waals surface area contributed by atoms with E-state index in [9.17, 15) is 26.3 Å². The molecule has 0 bridgehead atoms. The van der Waals surface area contributed by atoms with Crippen molar-refractivity contribution in [2.24, 2.45) is 0 Å². The van der Waals surface area contributed by atoms with Crippen molar-refractivity contribution in [3.63, 3.8) is 0 Å².